The third kappa shape index (κ3) is 3.07. The molecule has 3 rings (SSSR count). The number of rotatable bonds is 4. The fourth-order valence-corrected chi connectivity index (χ4v) is 2.82. The molecule has 0 aromatic heterocycles. The van der Waals surface area contributed by atoms with Gasteiger partial charge in [-0.25, -0.2) is 0 Å². The highest BCUT2D eigenvalue weighted by molar-refractivity contribution is 5.87. The number of Topliss-reactive ketones (excluding diaryl/α,β-unsaturated/α-hetero) is 1. The van der Waals surface area contributed by atoms with Crippen molar-refractivity contribution in [1.82, 2.24) is 0 Å². The van der Waals surface area contributed by atoms with Crippen LogP contribution in [-0.4, -0.2) is 32.5 Å². The Morgan fingerprint density at radius 1 is 0.952 bits per heavy atom. The van der Waals surface area contributed by atoms with E-state index in [9.17, 15) is 4.79 Å². The summed E-state index contributed by atoms with van der Waals surface area (Å²) in [6, 6.07) is 18.2. The first-order valence-corrected chi connectivity index (χ1v) is 7.35. The maximum absolute atomic E-state index is 12.3. The topological polar surface area (TPSA) is 23.6 Å². The first-order chi connectivity index (χ1) is 10.2. The number of hydrogen-bond donors (Lipinski definition) is 0. The third-order valence-corrected chi connectivity index (χ3v) is 3.95. The maximum atomic E-state index is 12.3. The minimum Gasteiger partial charge on any atom is -0.371 e. The second-order valence-electron chi connectivity index (χ2n) is 5.53. The van der Waals surface area contributed by atoms with Crippen molar-refractivity contribution >= 4 is 17.2 Å². The van der Waals surface area contributed by atoms with Gasteiger partial charge < -0.3 is 9.80 Å². The fourth-order valence-electron chi connectivity index (χ4n) is 2.82. The molecule has 0 radical (unpaired) electrons. The second-order valence-corrected chi connectivity index (χ2v) is 5.53. The van der Waals surface area contributed by atoms with Crippen molar-refractivity contribution in [3.8, 4) is 0 Å². The Morgan fingerprint density at radius 3 is 2.38 bits per heavy atom. The molecule has 0 saturated heterocycles. The van der Waals surface area contributed by atoms with Crippen LogP contribution in [-0.2, 0) is 11.2 Å². The van der Waals surface area contributed by atoms with Crippen molar-refractivity contribution in [3.05, 3.63) is 60.2 Å². The van der Waals surface area contributed by atoms with E-state index >= 15 is 0 Å². The van der Waals surface area contributed by atoms with E-state index in [-0.39, 0.29) is 5.78 Å². The van der Waals surface area contributed by atoms with E-state index < -0.39 is 0 Å². The molecule has 0 N–H and O–H groups in total. The van der Waals surface area contributed by atoms with Gasteiger partial charge in [0.1, 0.15) is 0 Å². The molecule has 0 amide bonds. The first-order valence-electron chi connectivity index (χ1n) is 7.35. The average Bonchev–Trinajstić information content (AvgIpc) is 2.51. The molecule has 108 valence electrons. The molecule has 2 aromatic rings. The molecule has 0 atom stereocenters. The van der Waals surface area contributed by atoms with Gasteiger partial charge in [0.2, 0.25) is 0 Å². The van der Waals surface area contributed by atoms with Crippen molar-refractivity contribution in [2.75, 3.05) is 36.5 Å². The van der Waals surface area contributed by atoms with E-state index in [1.807, 2.05) is 42.5 Å². The molecule has 1 heterocycles. The van der Waals surface area contributed by atoms with Crippen LogP contribution in [0.25, 0.3) is 0 Å². The summed E-state index contributed by atoms with van der Waals surface area (Å²) in [5.41, 5.74) is 3.45. The standard InChI is InChI=1S/C18H20N2O/c1-19-11-12-20(18-10-6-5-9-17(18)19)14-16(21)13-15-7-3-2-4-8-15/h2-10H,11-14H2,1H3. The SMILES string of the molecule is CN1CCN(CC(=O)Cc2ccccc2)c2ccccc21. The summed E-state index contributed by atoms with van der Waals surface area (Å²) in [5, 5.41) is 0. The Morgan fingerprint density at radius 2 is 1.62 bits per heavy atom. The summed E-state index contributed by atoms with van der Waals surface area (Å²) in [6.45, 7) is 2.34. The number of nitrogens with zero attached hydrogens (tertiary/aromatic N) is 2. The summed E-state index contributed by atoms with van der Waals surface area (Å²) in [4.78, 5) is 16.8. The van der Waals surface area contributed by atoms with Gasteiger partial charge in [0.05, 0.1) is 17.9 Å². The number of ketones is 1. The average molecular weight is 280 g/mol. The molecule has 3 nitrogen and oxygen atoms in total. The molecule has 1 aliphatic rings. The van der Waals surface area contributed by atoms with E-state index in [4.69, 9.17) is 0 Å². The summed E-state index contributed by atoms with van der Waals surface area (Å²) in [7, 11) is 2.10. The molecule has 3 heteroatoms. The van der Waals surface area contributed by atoms with E-state index in [0.717, 1.165) is 24.3 Å². The number of carbonyl (C=O) groups is 1. The quantitative estimate of drug-likeness (QED) is 0.860. The zero-order valence-electron chi connectivity index (χ0n) is 12.3. The predicted molar refractivity (Wildman–Crippen MR) is 87.1 cm³/mol. The van der Waals surface area contributed by atoms with Crippen molar-refractivity contribution in [3.63, 3.8) is 0 Å². The Hall–Kier alpha value is -2.29. The molecule has 0 aliphatic carbocycles. The smallest absolute Gasteiger partial charge is 0.156 e. The van der Waals surface area contributed by atoms with E-state index in [2.05, 4.69) is 29.0 Å². The van der Waals surface area contributed by atoms with Gasteiger partial charge in [0, 0.05) is 26.6 Å². The fraction of sp³-hybridized carbons (Fsp3) is 0.278. The Bertz CT molecular complexity index is 624. The number of carbonyl (C=O) groups excluding carboxylic acids is 1. The number of fused-ring (bicyclic) bond motifs is 1. The Balaban J connectivity index is 1.71. The van der Waals surface area contributed by atoms with Crippen LogP contribution in [0, 0.1) is 0 Å². The minimum absolute atomic E-state index is 0.264. The highest BCUT2D eigenvalue weighted by Gasteiger charge is 2.21. The molecule has 0 unspecified atom stereocenters. The zero-order chi connectivity index (χ0) is 14.7. The molecule has 1 aliphatic heterocycles. The lowest BCUT2D eigenvalue weighted by Crippen LogP contribution is -2.42. The number of hydrogen-bond acceptors (Lipinski definition) is 3. The van der Waals surface area contributed by atoms with Crippen LogP contribution in [0.4, 0.5) is 11.4 Å². The highest BCUT2D eigenvalue weighted by Crippen LogP contribution is 2.31. The highest BCUT2D eigenvalue weighted by atomic mass is 16.1. The molecule has 0 bridgehead atoms. The maximum Gasteiger partial charge on any atom is 0.156 e. The summed E-state index contributed by atoms with van der Waals surface area (Å²) in [6.07, 6.45) is 0.509. The van der Waals surface area contributed by atoms with Crippen LogP contribution in [0.15, 0.2) is 54.6 Å². The predicted octanol–water partition coefficient (Wildman–Crippen LogP) is 2.75. The number of para-hydroxylation sites is 2. The van der Waals surface area contributed by atoms with Crippen molar-refractivity contribution < 1.29 is 4.79 Å². The lowest BCUT2D eigenvalue weighted by atomic mass is 10.1. The van der Waals surface area contributed by atoms with Crippen LogP contribution < -0.4 is 9.80 Å². The minimum atomic E-state index is 0.264. The zero-order valence-corrected chi connectivity index (χ0v) is 12.3. The molecule has 2 aromatic carbocycles. The van der Waals surface area contributed by atoms with Gasteiger partial charge in [-0.3, -0.25) is 4.79 Å². The monoisotopic (exact) mass is 280 g/mol. The van der Waals surface area contributed by atoms with Gasteiger partial charge in [-0.1, -0.05) is 42.5 Å². The van der Waals surface area contributed by atoms with Crippen LogP contribution in [0.3, 0.4) is 0 Å². The van der Waals surface area contributed by atoms with E-state index in [1.54, 1.807) is 0 Å². The number of benzene rings is 2. The van der Waals surface area contributed by atoms with E-state index in [0.29, 0.717) is 13.0 Å². The normalized spacial score (nSPS) is 14.0. The number of likely N-dealkylation sites (N-methyl/N-ethyl adjacent to an activating group) is 1. The third-order valence-electron chi connectivity index (χ3n) is 3.95. The summed E-state index contributed by atoms with van der Waals surface area (Å²) in [5.74, 6) is 0.264. The Labute approximate surface area is 125 Å². The van der Waals surface area contributed by atoms with Crippen LogP contribution in [0.1, 0.15) is 5.56 Å². The van der Waals surface area contributed by atoms with Gasteiger partial charge >= 0.3 is 0 Å². The second kappa shape index (κ2) is 6.00. The van der Waals surface area contributed by atoms with Gasteiger partial charge in [0.25, 0.3) is 0 Å². The van der Waals surface area contributed by atoms with Crippen LogP contribution >= 0.6 is 0 Å². The molecule has 0 spiro atoms. The van der Waals surface area contributed by atoms with Gasteiger partial charge in [-0.2, -0.15) is 0 Å². The van der Waals surface area contributed by atoms with Crippen molar-refractivity contribution in [1.29, 1.82) is 0 Å². The van der Waals surface area contributed by atoms with Crippen LogP contribution in [0.2, 0.25) is 0 Å². The molecule has 21 heavy (non-hydrogen) atoms. The van der Waals surface area contributed by atoms with Crippen molar-refractivity contribution in [2.24, 2.45) is 0 Å². The molecular weight excluding hydrogens is 260 g/mol. The lowest BCUT2D eigenvalue weighted by Gasteiger charge is -2.36. The van der Waals surface area contributed by atoms with Crippen molar-refractivity contribution in [2.45, 2.75) is 6.42 Å². The van der Waals surface area contributed by atoms with E-state index in [1.165, 1.54) is 5.69 Å². The molecular formula is C18H20N2O. The first kappa shape index (κ1) is 13.7. The van der Waals surface area contributed by atoms with Crippen LogP contribution in [0.5, 0.6) is 0 Å². The number of anilines is 2. The van der Waals surface area contributed by atoms with Gasteiger partial charge in [-0.15, -0.1) is 0 Å². The summed E-state index contributed by atoms with van der Waals surface area (Å²) >= 11 is 0. The largest absolute Gasteiger partial charge is 0.371 e. The molecule has 0 saturated carbocycles. The van der Waals surface area contributed by atoms with Gasteiger partial charge in [0.15, 0.2) is 5.78 Å². The Kier molecular flexibility index (Phi) is 3.91. The van der Waals surface area contributed by atoms with Gasteiger partial charge in [-0.05, 0) is 17.7 Å². The molecule has 0 fully saturated rings. The summed E-state index contributed by atoms with van der Waals surface area (Å²) < 4.78 is 0. The lowest BCUT2D eigenvalue weighted by molar-refractivity contribution is -0.117.